The Hall–Kier alpha value is -2.07. The third-order valence-corrected chi connectivity index (χ3v) is 7.71. The van der Waals surface area contributed by atoms with Gasteiger partial charge in [0.25, 0.3) is 0 Å². The molecule has 4 rings (SSSR count). The van der Waals surface area contributed by atoms with E-state index in [1.807, 2.05) is 0 Å². The van der Waals surface area contributed by atoms with Gasteiger partial charge >= 0.3 is 179 Å². The summed E-state index contributed by atoms with van der Waals surface area (Å²) in [6.07, 6.45) is 0. The van der Waals surface area contributed by atoms with Crippen LogP contribution in [0.25, 0.3) is 30.8 Å². The molecule has 0 bridgehead atoms. The van der Waals surface area contributed by atoms with Crippen LogP contribution in [0.3, 0.4) is 0 Å². The van der Waals surface area contributed by atoms with Crippen molar-refractivity contribution in [2.24, 2.45) is 0 Å². The smallest absolute Gasteiger partial charge is 1.00 e. The Morgan fingerprint density at radius 3 is 2.13 bits per heavy atom. The van der Waals surface area contributed by atoms with Gasteiger partial charge in [0, 0.05) is 0 Å². The first-order valence-electron chi connectivity index (χ1n) is 9.81. The van der Waals surface area contributed by atoms with E-state index in [1.54, 1.807) is 0 Å². The van der Waals surface area contributed by atoms with E-state index < -0.39 is 0 Å². The van der Waals surface area contributed by atoms with E-state index in [4.69, 9.17) is 0 Å². The van der Waals surface area contributed by atoms with E-state index in [1.165, 1.54) is 47.5 Å². The molecular weight excluding hydrogens is 501 g/mol. The molecule has 0 saturated carbocycles. The monoisotopic (exact) mass is 529 g/mol. The molecule has 2 aliphatic rings. The maximum Gasteiger partial charge on any atom is -1.00 e. The molecule has 0 unspecified atom stereocenters. The second-order valence-electron chi connectivity index (χ2n) is 8.07. The van der Waals surface area contributed by atoms with Crippen LogP contribution in [0.1, 0.15) is 0 Å². The molecule has 1 aliphatic carbocycles. The van der Waals surface area contributed by atoms with Crippen molar-refractivity contribution < 1.29 is 17.0 Å². The molecule has 0 amide bonds. The summed E-state index contributed by atoms with van der Waals surface area (Å²) in [6.45, 7) is 0. The summed E-state index contributed by atoms with van der Waals surface area (Å²) in [7, 11) is 12.6. The summed E-state index contributed by atoms with van der Waals surface area (Å²) in [5.74, 6) is 0. The molecule has 3 nitrogen and oxygen atoms in total. The summed E-state index contributed by atoms with van der Waals surface area (Å²) < 4.78 is 5.10. The van der Waals surface area contributed by atoms with Crippen molar-refractivity contribution in [2.75, 3.05) is 52.1 Å². The van der Waals surface area contributed by atoms with Crippen LogP contribution in [0.2, 0.25) is 0 Å². The van der Waals surface area contributed by atoms with E-state index in [2.05, 4.69) is 117 Å². The number of hydrogen-bond acceptors (Lipinski definition) is 2. The van der Waals surface area contributed by atoms with Crippen LogP contribution >= 0.6 is 0 Å². The van der Waals surface area contributed by atoms with Crippen molar-refractivity contribution >= 4 is 35.5 Å². The van der Waals surface area contributed by atoms with Gasteiger partial charge in [0.2, 0.25) is 0 Å². The molecule has 2 aromatic carbocycles. The molecule has 0 saturated heterocycles. The van der Waals surface area contributed by atoms with E-state index in [9.17, 15) is 0 Å². The zero-order valence-corrected chi connectivity index (χ0v) is 21.7. The summed E-state index contributed by atoms with van der Waals surface area (Å²) >= 11 is 0.283. The van der Waals surface area contributed by atoms with Crippen molar-refractivity contribution in [1.82, 2.24) is 4.58 Å². The second kappa shape index (κ2) is 8.97. The van der Waals surface area contributed by atoms with Crippen molar-refractivity contribution in [2.45, 2.75) is 0 Å². The third kappa shape index (κ3) is 4.20. The zero-order valence-electron chi connectivity index (χ0n) is 18.4. The number of halogens is 1. The van der Waals surface area contributed by atoms with Crippen LogP contribution in [0.15, 0.2) is 60.7 Å². The summed E-state index contributed by atoms with van der Waals surface area (Å²) in [5.41, 5.74) is 6.49. The minimum Gasteiger partial charge on any atom is -1.00 e. The summed E-state index contributed by atoms with van der Waals surface area (Å²) in [6, 6.07) is 22.7. The molecule has 0 spiro atoms. The quantitative estimate of drug-likeness (QED) is 0.221. The minimum atomic E-state index is 0. The predicted molar refractivity (Wildman–Crippen MR) is 129 cm³/mol. The molecule has 0 atom stereocenters. The van der Waals surface area contributed by atoms with Crippen LogP contribution in [-0.2, 0) is 0 Å². The van der Waals surface area contributed by atoms with Crippen LogP contribution in [0.5, 0.6) is 0 Å². The number of nitrogens with zero attached hydrogens (tertiary/aromatic N) is 3. The molecule has 156 valence electrons. The Balaban J connectivity index is 0.00000256. The maximum atomic E-state index is 2.37. The fourth-order valence-corrected chi connectivity index (χ4v) is 6.10. The van der Waals surface area contributed by atoms with Gasteiger partial charge in [-0.15, -0.1) is 0 Å². The number of hydrogen-bond donors (Lipinski definition) is 0. The topological polar surface area (TPSA) is 9.49 Å². The molecule has 2 aromatic rings. The van der Waals surface area contributed by atoms with Gasteiger partial charge in [0.05, 0.1) is 0 Å². The average molecular weight is 529 g/mol. The van der Waals surface area contributed by atoms with Gasteiger partial charge in [-0.3, -0.25) is 0 Å². The molecule has 30 heavy (non-hydrogen) atoms. The number of fused-ring (bicyclic) bond motifs is 2. The van der Waals surface area contributed by atoms with Gasteiger partial charge in [-0.05, 0) is 0 Å². The molecule has 0 radical (unpaired) electrons. The number of benzene rings is 3. The Bertz CT molecular complexity index is 1240. The molecule has 5 heteroatoms. The van der Waals surface area contributed by atoms with Gasteiger partial charge in [-0.1, -0.05) is 0 Å². The average Bonchev–Trinajstić information content (AvgIpc) is 2.71. The largest absolute Gasteiger partial charge is 1.00 e. The van der Waals surface area contributed by atoms with Crippen molar-refractivity contribution in [3.63, 3.8) is 0 Å². The first-order chi connectivity index (χ1) is 13.8. The van der Waals surface area contributed by atoms with Gasteiger partial charge in [0.15, 0.2) is 0 Å². The van der Waals surface area contributed by atoms with Crippen LogP contribution in [0.4, 0.5) is 11.4 Å². The Kier molecular flexibility index (Phi) is 6.76. The SMILES string of the molecule is CN(C)c1cccc(-c2c3ccc(=[N+](C)C)cc-3[se]c3cc(N(C)C)ccc23)c1.[Br-]. The molecule has 0 N–H and O–H groups in total. The number of rotatable bonds is 3. The normalized spacial score (nSPS) is 10.7. The van der Waals surface area contributed by atoms with Crippen molar-refractivity contribution in [3.05, 3.63) is 66.0 Å². The minimum absolute atomic E-state index is 0. The van der Waals surface area contributed by atoms with Gasteiger partial charge in [0.1, 0.15) is 0 Å². The Morgan fingerprint density at radius 2 is 1.47 bits per heavy atom. The second-order valence-corrected chi connectivity index (χ2v) is 10.3. The van der Waals surface area contributed by atoms with E-state index >= 15 is 0 Å². The molecule has 1 heterocycles. The van der Waals surface area contributed by atoms with Gasteiger partial charge < -0.3 is 17.0 Å². The molecule has 1 aliphatic heterocycles. The van der Waals surface area contributed by atoms with E-state index in [0.717, 1.165) is 0 Å². The van der Waals surface area contributed by atoms with Crippen LogP contribution < -0.4 is 36.7 Å². The van der Waals surface area contributed by atoms with Crippen LogP contribution in [-0.4, -0.2) is 56.8 Å². The Labute approximate surface area is 195 Å². The van der Waals surface area contributed by atoms with Gasteiger partial charge in [-0.2, -0.15) is 0 Å². The van der Waals surface area contributed by atoms with Gasteiger partial charge in [-0.25, -0.2) is 0 Å². The fraction of sp³-hybridized carbons (Fsp3) is 0.240. The molecule has 0 fully saturated rings. The van der Waals surface area contributed by atoms with Crippen LogP contribution in [0, 0.1) is 0 Å². The summed E-state index contributed by atoms with van der Waals surface area (Å²) in [5, 5.41) is 2.64. The Morgan fingerprint density at radius 1 is 0.767 bits per heavy atom. The first-order valence-corrected chi connectivity index (χ1v) is 11.5. The maximum absolute atomic E-state index is 2.37. The fourth-order valence-electron chi connectivity index (χ4n) is 3.67. The standard InChI is InChI=1S/C25H28N3Se.BrH/c1-26(2)18-9-7-8-17(14-18)25-21-12-10-19(27(3)4)15-23(21)29-24-16-20(28(5)6)11-13-22(24)25;/h7-16H,1-6H3;1H/q+1;/p-1. The summed E-state index contributed by atoms with van der Waals surface area (Å²) in [4.78, 5) is 4.36. The molecular formula is C25H28BrN3Se. The van der Waals surface area contributed by atoms with Crippen molar-refractivity contribution in [1.29, 1.82) is 0 Å². The third-order valence-electron chi connectivity index (χ3n) is 5.37. The van der Waals surface area contributed by atoms with E-state index in [0.29, 0.717) is 0 Å². The number of anilines is 2. The van der Waals surface area contributed by atoms with Crippen molar-refractivity contribution in [3.8, 4) is 21.1 Å². The first kappa shape index (κ1) is 22.6. The molecule has 0 aromatic heterocycles. The van der Waals surface area contributed by atoms with E-state index in [-0.39, 0.29) is 31.5 Å². The zero-order chi connectivity index (χ0) is 20.7. The predicted octanol–water partition coefficient (Wildman–Crippen LogP) is 0.836.